The first-order valence-corrected chi connectivity index (χ1v) is 12.1. The first-order chi connectivity index (χ1) is 17.2. The molecule has 0 saturated carbocycles. The van der Waals surface area contributed by atoms with Crippen LogP contribution >= 0.6 is 0 Å². The first-order valence-electron chi connectivity index (χ1n) is 12.1. The second-order valence-electron chi connectivity index (χ2n) is 8.58. The van der Waals surface area contributed by atoms with Gasteiger partial charge in [-0.2, -0.15) is 0 Å². The number of nitrogens with one attached hydrogen (secondary N) is 1. The highest BCUT2D eigenvalue weighted by Crippen LogP contribution is 2.35. The molecule has 2 aromatic carbocycles. The van der Waals surface area contributed by atoms with Crippen molar-refractivity contribution in [1.82, 2.24) is 10.3 Å². The van der Waals surface area contributed by atoms with Crippen molar-refractivity contribution in [2.75, 3.05) is 26.4 Å². The minimum absolute atomic E-state index is 0.114. The van der Waals surface area contributed by atoms with Crippen molar-refractivity contribution in [3.8, 4) is 11.5 Å². The summed E-state index contributed by atoms with van der Waals surface area (Å²) in [5.41, 5.74) is 2.87. The Kier molecular flexibility index (Phi) is 8.52. The van der Waals surface area contributed by atoms with Gasteiger partial charge in [-0.05, 0) is 73.4 Å². The number of rotatable bonds is 10. The van der Waals surface area contributed by atoms with Gasteiger partial charge in [0.25, 0.3) is 0 Å². The molecule has 0 spiro atoms. The number of benzene rings is 2. The molecule has 1 amide bonds. The molecule has 2 heterocycles. The number of hydrogen-bond donors (Lipinski definition) is 1. The van der Waals surface area contributed by atoms with Crippen molar-refractivity contribution < 1.29 is 19.0 Å². The van der Waals surface area contributed by atoms with Crippen LogP contribution in [0.5, 0.6) is 11.5 Å². The number of carbonyl (C=O) groups excluding carboxylic acids is 1. The van der Waals surface area contributed by atoms with Gasteiger partial charge in [0.05, 0.1) is 12.3 Å². The third-order valence-corrected chi connectivity index (χ3v) is 6.25. The van der Waals surface area contributed by atoms with Crippen molar-refractivity contribution in [2.24, 2.45) is 0 Å². The second kappa shape index (κ2) is 12.2. The quantitative estimate of drug-likeness (QED) is 0.424. The van der Waals surface area contributed by atoms with Crippen LogP contribution in [-0.4, -0.2) is 37.3 Å². The molecule has 1 aliphatic rings. The van der Waals surface area contributed by atoms with Gasteiger partial charge < -0.3 is 19.5 Å². The predicted molar refractivity (Wildman–Crippen MR) is 136 cm³/mol. The van der Waals surface area contributed by atoms with Crippen LogP contribution in [0.2, 0.25) is 0 Å². The van der Waals surface area contributed by atoms with Crippen LogP contribution in [0.1, 0.15) is 36.6 Å². The normalized spacial score (nSPS) is 15.0. The number of amides is 1. The zero-order valence-corrected chi connectivity index (χ0v) is 20.1. The van der Waals surface area contributed by atoms with Crippen LogP contribution in [0.3, 0.4) is 0 Å². The van der Waals surface area contributed by atoms with Crippen LogP contribution in [0.25, 0.3) is 6.08 Å². The molecule has 0 unspecified atom stereocenters. The number of carbonyl (C=O) groups is 1. The Morgan fingerprint density at radius 1 is 1.00 bits per heavy atom. The minimum Gasteiger partial charge on any atom is -0.494 e. The molecule has 0 aliphatic carbocycles. The highest BCUT2D eigenvalue weighted by atomic mass is 16.5. The summed E-state index contributed by atoms with van der Waals surface area (Å²) in [7, 11) is 0. The largest absolute Gasteiger partial charge is 0.494 e. The van der Waals surface area contributed by atoms with Crippen LogP contribution in [-0.2, 0) is 21.6 Å². The molecule has 0 radical (unpaired) electrons. The van der Waals surface area contributed by atoms with E-state index in [4.69, 9.17) is 14.2 Å². The third-order valence-electron chi connectivity index (χ3n) is 6.25. The molecule has 6 nitrogen and oxygen atoms in total. The monoisotopic (exact) mass is 472 g/mol. The van der Waals surface area contributed by atoms with Crippen LogP contribution in [0.15, 0.2) is 79.0 Å². The molecule has 6 heteroatoms. The molecule has 1 aromatic heterocycles. The van der Waals surface area contributed by atoms with E-state index >= 15 is 0 Å². The van der Waals surface area contributed by atoms with Gasteiger partial charge in [-0.3, -0.25) is 9.78 Å². The molecule has 1 saturated heterocycles. The van der Waals surface area contributed by atoms with Gasteiger partial charge in [0, 0.05) is 37.4 Å². The Balaban J connectivity index is 1.32. The topological polar surface area (TPSA) is 69.7 Å². The Bertz CT molecular complexity index is 1090. The van der Waals surface area contributed by atoms with Gasteiger partial charge >= 0.3 is 0 Å². The van der Waals surface area contributed by atoms with E-state index in [2.05, 4.69) is 22.4 Å². The summed E-state index contributed by atoms with van der Waals surface area (Å²) in [4.78, 5) is 16.9. The van der Waals surface area contributed by atoms with E-state index in [-0.39, 0.29) is 11.3 Å². The summed E-state index contributed by atoms with van der Waals surface area (Å²) >= 11 is 0. The molecule has 35 heavy (non-hydrogen) atoms. The SMILES string of the molecule is CCOc1ccc(C2(CNC(=O)/C=C/c3ccc(OCc4ccccn4)cc3)CCOCC2)cc1. The van der Waals surface area contributed by atoms with Crippen molar-refractivity contribution in [2.45, 2.75) is 31.8 Å². The van der Waals surface area contributed by atoms with Crippen LogP contribution in [0, 0.1) is 0 Å². The highest BCUT2D eigenvalue weighted by molar-refractivity contribution is 5.91. The molecule has 1 N–H and O–H groups in total. The summed E-state index contributed by atoms with van der Waals surface area (Å²) in [6.45, 7) is 4.97. The summed E-state index contributed by atoms with van der Waals surface area (Å²) in [5.74, 6) is 1.50. The lowest BCUT2D eigenvalue weighted by molar-refractivity contribution is -0.116. The van der Waals surface area contributed by atoms with Gasteiger partial charge in [-0.1, -0.05) is 30.3 Å². The number of nitrogens with zero attached hydrogens (tertiary/aromatic N) is 1. The van der Waals surface area contributed by atoms with E-state index in [9.17, 15) is 4.79 Å². The molecule has 1 fully saturated rings. The lowest BCUT2D eigenvalue weighted by Gasteiger charge is -2.38. The van der Waals surface area contributed by atoms with E-state index in [0.29, 0.717) is 33.0 Å². The lowest BCUT2D eigenvalue weighted by atomic mass is 9.74. The molecule has 0 atom stereocenters. The Morgan fingerprint density at radius 2 is 1.71 bits per heavy atom. The first kappa shape index (κ1) is 24.5. The van der Waals surface area contributed by atoms with Gasteiger partial charge in [0.15, 0.2) is 0 Å². The van der Waals surface area contributed by atoms with E-state index in [1.165, 1.54) is 5.56 Å². The maximum absolute atomic E-state index is 12.6. The maximum Gasteiger partial charge on any atom is 0.244 e. The van der Waals surface area contributed by atoms with Crippen LogP contribution in [0.4, 0.5) is 0 Å². The Morgan fingerprint density at radius 3 is 2.40 bits per heavy atom. The molecule has 182 valence electrons. The maximum atomic E-state index is 12.6. The summed E-state index contributed by atoms with van der Waals surface area (Å²) in [6, 6.07) is 21.6. The van der Waals surface area contributed by atoms with Crippen molar-refractivity contribution in [3.63, 3.8) is 0 Å². The van der Waals surface area contributed by atoms with Crippen molar-refractivity contribution in [1.29, 1.82) is 0 Å². The van der Waals surface area contributed by atoms with Gasteiger partial charge in [-0.15, -0.1) is 0 Å². The molecule has 1 aliphatic heterocycles. The molecule has 0 bridgehead atoms. The number of ether oxygens (including phenoxy) is 3. The number of pyridine rings is 1. The average Bonchev–Trinajstić information content (AvgIpc) is 2.92. The van der Waals surface area contributed by atoms with Gasteiger partial charge in [0.1, 0.15) is 18.1 Å². The number of hydrogen-bond acceptors (Lipinski definition) is 5. The summed E-state index contributed by atoms with van der Waals surface area (Å²) in [5, 5.41) is 3.11. The van der Waals surface area contributed by atoms with Crippen molar-refractivity contribution in [3.05, 3.63) is 95.8 Å². The Labute approximate surface area is 207 Å². The van der Waals surface area contributed by atoms with Gasteiger partial charge in [0.2, 0.25) is 5.91 Å². The molecular weight excluding hydrogens is 440 g/mol. The zero-order chi connectivity index (χ0) is 24.3. The average molecular weight is 473 g/mol. The Hall–Kier alpha value is -3.64. The lowest BCUT2D eigenvalue weighted by Crippen LogP contribution is -2.44. The second-order valence-corrected chi connectivity index (χ2v) is 8.58. The van der Waals surface area contributed by atoms with Gasteiger partial charge in [-0.25, -0.2) is 0 Å². The fourth-order valence-corrected chi connectivity index (χ4v) is 4.20. The van der Waals surface area contributed by atoms with Crippen molar-refractivity contribution >= 4 is 12.0 Å². The summed E-state index contributed by atoms with van der Waals surface area (Å²) in [6.07, 6.45) is 6.87. The third kappa shape index (κ3) is 6.93. The van der Waals surface area contributed by atoms with E-state index in [1.807, 2.05) is 67.6 Å². The number of aromatic nitrogens is 1. The van der Waals surface area contributed by atoms with E-state index in [0.717, 1.165) is 35.6 Å². The highest BCUT2D eigenvalue weighted by Gasteiger charge is 2.34. The molecular formula is C29H32N2O4. The molecule has 3 aromatic rings. The fraction of sp³-hybridized carbons (Fsp3) is 0.310. The van der Waals surface area contributed by atoms with Crippen LogP contribution < -0.4 is 14.8 Å². The minimum atomic E-state index is -0.140. The molecule has 4 rings (SSSR count). The fourth-order valence-electron chi connectivity index (χ4n) is 4.20. The summed E-state index contributed by atoms with van der Waals surface area (Å²) < 4.78 is 17.0. The van der Waals surface area contributed by atoms with E-state index in [1.54, 1.807) is 12.3 Å². The zero-order valence-electron chi connectivity index (χ0n) is 20.1. The smallest absolute Gasteiger partial charge is 0.244 e. The standard InChI is InChI=1S/C29H32N2O4/c1-2-34-26-13-9-24(10-14-26)29(16-19-33-20-17-29)22-31-28(32)15-8-23-6-11-27(12-7-23)35-21-25-5-3-4-18-30-25/h3-15,18H,2,16-17,19-22H2,1H3,(H,31,32)/b15-8+. The predicted octanol–water partition coefficient (Wildman–Crippen LogP) is 4.94. The van der Waals surface area contributed by atoms with E-state index < -0.39 is 0 Å².